The lowest BCUT2D eigenvalue weighted by atomic mass is 9.74. The number of hydrogen-bond donors (Lipinski definition) is 0. The number of rotatable bonds is 11. The van der Waals surface area contributed by atoms with Gasteiger partial charge in [0.25, 0.3) is 0 Å². The number of hydrogen-bond acceptors (Lipinski definition) is 4. The number of nitrogens with zero attached hydrogens (tertiary/aromatic N) is 4. The van der Waals surface area contributed by atoms with Crippen LogP contribution < -0.4 is 14.5 Å². The summed E-state index contributed by atoms with van der Waals surface area (Å²) in [5.41, 5.74) is 19.3. The van der Waals surface area contributed by atoms with E-state index in [4.69, 9.17) is 9.72 Å². The Labute approximate surface area is 492 Å². The van der Waals surface area contributed by atoms with Crippen molar-refractivity contribution >= 4 is 44.6 Å². The predicted octanol–water partition coefficient (Wildman–Crippen LogP) is 21.1. The molecule has 0 fully saturated rings. The normalized spacial score (nSPS) is 13.3. The molecule has 416 valence electrons. The van der Waals surface area contributed by atoms with Crippen LogP contribution in [0.2, 0.25) is 0 Å². The number of ether oxygens (including phenoxy) is 1. The smallest absolute Gasteiger partial charge is 0.137 e. The maximum Gasteiger partial charge on any atom is 0.137 e. The summed E-state index contributed by atoms with van der Waals surface area (Å²) in [7, 11) is 0. The van der Waals surface area contributed by atoms with E-state index in [0.29, 0.717) is 6.67 Å². The Morgan fingerprint density at radius 1 is 0.349 bits per heavy atom. The molecule has 0 saturated carbocycles. The number of benzene rings is 9. The molecule has 9 aromatic carbocycles. The van der Waals surface area contributed by atoms with Gasteiger partial charge < -0.3 is 14.5 Å². The lowest BCUT2D eigenvalue weighted by Crippen LogP contribution is -2.26. The van der Waals surface area contributed by atoms with Crippen LogP contribution in [0, 0.1) is 0 Å². The van der Waals surface area contributed by atoms with Crippen molar-refractivity contribution in [2.24, 2.45) is 0 Å². The highest BCUT2D eigenvalue weighted by atomic mass is 16.5. The topological polar surface area (TPSA) is 33.5 Å². The Bertz CT molecular complexity index is 4190. The van der Waals surface area contributed by atoms with Crippen molar-refractivity contribution < 1.29 is 4.74 Å². The minimum absolute atomic E-state index is 0.0635. The fourth-order valence-corrected chi connectivity index (χ4v) is 12.4. The zero-order valence-electron chi connectivity index (χ0n) is 50.8. The Hall–Kier alpha value is -8.67. The maximum atomic E-state index is 7.34. The molecule has 83 heavy (non-hydrogen) atoms. The predicted molar refractivity (Wildman–Crippen MR) is 351 cm³/mol. The molecule has 0 aliphatic carbocycles. The average Bonchev–Trinajstić information content (AvgIpc) is 4.27. The maximum absolute atomic E-state index is 7.34. The Morgan fingerprint density at radius 3 is 1.41 bits per heavy atom. The zero-order chi connectivity index (χ0) is 58.2. The van der Waals surface area contributed by atoms with Crippen molar-refractivity contribution in [2.45, 2.75) is 117 Å². The highest BCUT2D eigenvalue weighted by molar-refractivity contribution is 6.10. The third-order valence-electron chi connectivity index (χ3n) is 17.5. The van der Waals surface area contributed by atoms with E-state index in [1.165, 1.54) is 67.0 Å². The number of anilines is 4. The van der Waals surface area contributed by atoms with Crippen molar-refractivity contribution in [1.29, 1.82) is 0 Å². The summed E-state index contributed by atoms with van der Waals surface area (Å²) in [6.07, 6.45) is 1.95. The van der Waals surface area contributed by atoms with Crippen LogP contribution >= 0.6 is 0 Å². The Kier molecular flexibility index (Phi) is 13.7. The second kappa shape index (κ2) is 20.6. The van der Waals surface area contributed by atoms with Crippen LogP contribution in [0.5, 0.6) is 11.5 Å². The first kappa shape index (κ1) is 54.9. The first-order chi connectivity index (χ1) is 39.5. The van der Waals surface area contributed by atoms with Crippen LogP contribution in [-0.4, -0.2) is 16.2 Å². The molecule has 0 spiro atoms. The minimum atomic E-state index is -0.386. The number of aromatic nitrogens is 2. The van der Waals surface area contributed by atoms with E-state index in [-0.39, 0.29) is 27.1 Å². The fraction of sp³-hybridized carbons (Fsp3) is 0.244. The van der Waals surface area contributed by atoms with Crippen molar-refractivity contribution in [3.05, 3.63) is 264 Å². The monoisotopic (exact) mass is 1090 g/mol. The second-order valence-electron chi connectivity index (χ2n) is 27.1. The van der Waals surface area contributed by atoms with Gasteiger partial charge in [-0.15, -0.1) is 0 Å². The molecule has 0 saturated heterocycles. The van der Waals surface area contributed by atoms with E-state index in [9.17, 15) is 0 Å². The molecule has 12 rings (SSSR count). The minimum Gasteiger partial charge on any atom is -0.457 e. The average molecular weight is 1090 g/mol. The third kappa shape index (κ3) is 10.4. The molecule has 1 aliphatic heterocycles. The largest absolute Gasteiger partial charge is 0.457 e. The molecule has 0 radical (unpaired) electrons. The SMILES string of the molecule is CC(C)(C)c1ccnc(-n2c3ccc(-c4ccccc4)cc3c3ccc(Oc4cc(N5CN(c6cc(-c7ccccc7)cc(C(C)(C)c7ccccc7)c6)c6cc(C(C)(C)C)c(C(C)(C)C)cc65)cc(C(C)(C)c5ccccc5)c4)cc32)c1. The molecule has 11 aromatic rings. The fourth-order valence-electron chi connectivity index (χ4n) is 12.4. The molecule has 0 atom stereocenters. The molecule has 5 heteroatoms. The molecule has 5 nitrogen and oxygen atoms in total. The van der Waals surface area contributed by atoms with E-state index in [1.807, 2.05) is 6.20 Å². The van der Waals surface area contributed by atoms with Gasteiger partial charge in [-0.25, -0.2) is 4.98 Å². The van der Waals surface area contributed by atoms with Gasteiger partial charge in [0.2, 0.25) is 0 Å². The Morgan fingerprint density at radius 2 is 0.867 bits per heavy atom. The van der Waals surface area contributed by atoms with Crippen molar-refractivity contribution in [3.8, 4) is 39.6 Å². The summed E-state index contributed by atoms with van der Waals surface area (Å²) in [4.78, 5) is 10.2. The van der Waals surface area contributed by atoms with Gasteiger partial charge in [-0.3, -0.25) is 4.57 Å². The summed E-state index contributed by atoms with van der Waals surface area (Å²) in [6, 6.07) is 80.3. The molecule has 0 N–H and O–H groups in total. The Balaban J connectivity index is 1.05. The van der Waals surface area contributed by atoms with Crippen LogP contribution in [0.3, 0.4) is 0 Å². The van der Waals surface area contributed by atoms with Crippen molar-refractivity contribution in [2.75, 3.05) is 16.5 Å². The standard InChI is InChI=1S/C78H78N4O/c1-74(2,3)58-38-39-79-73(46-58)82-69-37-34-54(52-26-18-14-19-27-52)42-66(69)65-36-35-63(48-70(65)82)83-64-45-60(78(12,13)57-32-24-17-25-33-57)44-62(47-64)81-51-80(71-49-67(75(4,5)6)68(50-72(71)81)76(7,8)9)61-41-55(53-28-20-15-21-29-53)40-59(43-61)77(10,11)56-30-22-16-23-31-56/h14-50H,51H2,1-13H3. The molecule has 1 aliphatic rings. The summed E-state index contributed by atoms with van der Waals surface area (Å²) >= 11 is 0. The summed E-state index contributed by atoms with van der Waals surface area (Å²) in [6.45, 7) is 30.9. The molecule has 3 heterocycles. The first-order valence-corrected chi connectivity index (χ1v) is 29.5. The van der Waals surface area contributed by atoms with Gasteiger partial charge in [0.15, 0.2) is 0 Å². The number of fused-ring (bicyclic) bond motifs is 4. The lowest BCUT2D eigenvalue weighted by molar-refractivity contribution is 0.480. The summed E-state index contributed by atoms with van der Waals surface area (Å²) in [5.74, 6) is 2.39. The summed E-state index contributed by atoms with van der Waals surface area (Å²) in [5, 5.41) is 2.30. The third-order valence-corrected chi connectivity index (χ3v) is 17.5. The zero-order valence-corrected chi connectivity index (χ0v) is 50.8. The molecular formula is C78H78N4O. The van der Waals surface area contributed by atoms with Crippen LogP contribution in [0.25, 0.3) is 49.9 Å². The van der Waals surface area contributed by atoms with Crippen LogP contribution in [0.4, 0.5) is 22.7 Å². The molecular weight excluding hydrogens is 1010 g/mol. The van der Waals surface area contributed by atoms with Crippen molar-refractivity contribution in [3.63, 3.8) is 0 Å². The van der Waals surface area contributed by atoms with Gasteiger partial charge in [-0.2, -0.15) is 0 Å². The van der Waals surface area contributed by atoms with Crippen LogP contribution in [0.15, 0.2) is 225 Å². The van der Waals surface area contributed by atoms with Gasteiger partial charge in [-0.05, 0) is 150 Å². The highest BCUT2D eigenvalue weighted by Gasteiger charge is 2.37. The van der Waals surface area contributed by atoms with E-state index in [0.717, 1.165) is 56.1 Å². The quantitative estimate of drug-likeness (QED) is 0.129. The van der Waals surface area contributed by atoms with Gasteiger partial charge in [0.1, 0.15) is 24.0 Å². The summed E-state index contributed by atoms with van der Waals surface area (Å²) < 4.78 is 9.66. The van der Waals surface area contributed by atoms with Crippen LogP contribution in [-0.2, 0) is 27.1 Å². The van der Waals surface area contributed by atoms with Crippen molar-refractivity contribution in [1.82, 2.24) is 9.55 Å². The molecule has 2 aromatic heterocycles. The lowest BCUT2D eigenvalue weighted by Gasteiger charge is -2.32. The van der Waals surface area contributed by atoms with Crippen LogP contribution in [0.1, 0.15) is 129 Å². The number of pyridine rings is 1. The van der Waals surface area contributed by atoms with E-state index in [2.05, 4.69) is 323 Å². The first-order valence-electron chi connectivity index (χ1n) is 29.5. The molecule has 0 bridgehead atoms. The van der Waals surface area contributed by atoms with E-state index < -0.39 is 0 Å². The second-order valence-corrected chi connectivity index (χ2v) is 27.1. The van der Waals surface area contributed by atoms with Gasteiger partial charge >= 0.3 is 0 Å². The highest BCUT2D eigenvalue weighted by Crippen LogP contribution is 2.52. The van der Waals surface area contributed by atoms with E-state index >= 15 is 0 Å². The molecule has 0 unspecified atom stereocenters. The van der Waals surface area contributed by atoms with Gasteiger partial charge in [0.05, 0.1) is 22.4 Å². The van der Waals surface area contributed by atoms with Gasteiger partial charge in [0, 0.05) is 51.3 Å². The van der Waals surface area contributed by atoms with Gasteiger partial charge in [-0.1, -0.05) is 223 Å². The van der Waals surface area contributed by atoms with E-state index in [1.54, 1.807) is 0 Å². The molecule has 0 amide bonds.